The van der Waals surface area contributed by atoms with Gasteiger partial charge in [0.1, 0.15) is 0 Å². The number of benzene rings is 1. The van der Waals surface area contributed by atoms with Gasteiger partial charge in [-0.3, -0.25) is 29.9 Å². The van der Waals surface area contributed by atoms with Crippen molar-refractivity contribution < 1.29 is 24.0 Å². The van der Waals surface area contributed by atoms with E-state index in [1.807, 2.05) is 4.90 Å². The van der Waals surface area contributed by atoms with Crippen LogP contribution in [0.4, 0.5) is 16.2 Å². The highest BCUT2D eigenvalue weighted by Gasteiger charge is 2.62. The number of hydrogen-bond acceptors (Lipinski definition) is 7. The number of nitro groups is 1. The summed E-state index contributed by atoms with van der Waals surface area (Å²) in [6.07, 6.45) is -0.0248. The largest absolute Gasteiger partial charge is 0.377 e. The molecule has 2 atom stereocenters. The van der Waals surface area contributed by atoms with Gasteiger partial charge in [0.15, 0.2) is 5.41 Å². The van der Waals surface area contributed by atoms with Crippen molar-refractivity contribution in [1.82, 2.24) is 10.2 Å². The zero-order chi connectivity index (χ0) is 19.3. The summed E-state index contributed by atoms with van der Waals surface area (Å²) in [6.45, 7) is 2.78. The van der Waals surface area contributed by atoms with E-state index in [1.165, 1.54) is 12.1 Å². The molecule has 0 bridgehead atoms. The number of carbonyl (C=O) groups excluding carboxylic acids is 3. The summed E-state index contributed by atoms with van der Waals surface area (Å²) in [5.41, 5.74) is -0.383. The lowest BCUT2D eigenvalue weighted by molar-refractivity contribution is -0.384. The maximum absolute atomic E-state index is 13.3. The van der Waals surface area contributed by atoms with Gasteiger partial charge in [-0.1, -0.05) is 0 Å². The summed E-state index contributed by atoms with van der Waals surface area (Å²) in [5.74, 6) is -1.27. The molecule has 2 unspecified atom stereocenters. The van der Waals surface area contributed by atoms with Gasteiger partial charge in [0.05, 0.1) is 24.2 Å². The molecular formula is C17H18N4O6. The minimum atomic E-state index is -1.56. The topological polar surface area (TPSA) is 122 Å². The fraction of sp³-hybridized carbons (Fsp3) is 0.471. The first kappa shape index (κ1) is 17.4. The van der Waals surface area contributed by atoms with Crippen LogP contribution in [0.3, 0.4) is 0 Å². The van der Waals surface area contributed by atoms with Crippen molar-refractivity contribution in [3.63, 3.8) is 0 Å². The highest BCUT2D eigenvalue weighted by atomic mass is 16.6. The number of nitro benzene ring substituents is 1. The van der Waals surface area contributed by atoms with Crippen molar-refractivity contribution in [1.29, 1.82) is 0 Å². The Labute approximate surface area is 154 Å². The van der Waals surface area contributed by atoms with Crippen molar-refractivity contribution in [2.24, 2.45) is 5.41 Å². The number of anilines is 1. The first-order valence-electron chi connectivity index (χ1n) is 8.69. The van der Waals surface area contributed by atoms with Crippen LogP contribution in [0.15, 0.2) is 18.2 Å². The molecule has 4 amide bonds. The molecule has 3 aliphatic heterocycles. The molecule has 3 heterocycles. The number of nitrogens with zero attached hydrogens (tertiary/aromatic N) is 3. The standard InChI is InChI=1S/C17H18N4O6/c1-2-19-15(23)17(14(22)18-16(19)24)8-10-7-11(21(25)26)3-4-12(10)20-5-6-27-9-13(17)20/h3-4,7,13H,2,5-6,8-9H2,1H3,(H,18,22,24). The molecule has 2 saturated heterocycles. The van der Waals surface area contributed by atoms with Crippen molar-refractivity contribution in [2.75, 3.05) is 31.2 Å². The smallest absolute Gasteiger partial charge is 0.330 e. The molecule has 0 aliphatic carbocycles. The quantitative estimate of drug-likeness (QED) is 0.453. The summed E-state index contributed by atoms with van der Waals surface area (Å²) in [7, 11) is 0. The number of amides is 4. The molecule has 27 heavy (non-hydrogen) atoms. The number of non-ortho nitro benzene ring substituents is 1. The highest BCUT2D eigenvalue weighted by molar-refractivity contribution is 6.20. The van der Waals surface area contributed by atoms with E-state index >= 15 is 0 Å². The Hall–Kier alpha value is -3.01. The van der Waals surface area contributed by atoms with Crippen molar-refractivity contribution in [3.8, 4) is 0 Å². The number of barbiturate groups is 1. The van der Waals surface area contributed by atoms with E-state index in [0.29, 0.717) is 18.7 Å². The molecule has 0 saturated carbocycles. The highest BCUT2D eigenvalue weighted by Crippen LogP contribution is 2.46. The van der Waals surface area contributed by atoms with E-state index in [2.05, 4.69) is 5.32 Å². The third-order valence-electron chi connectivity index (χ3n) is 5.56. The SMILES string of the molecule is CCN1C(=O)NC(=O)C2(Cc3cc([N+](=O)[O-])ccc3N3CCOCC32)C1=O. The van der Waals surface area contributed by atoms with Crippen molar-refractivity contribution in [2.45, 2.75) is 19.4 Å². The third-order valence-corrected chi connectivity index (χ3v) is 5.56. The fourth-order valence-electron chi connectivity index (χ4n) is 4.27. The van der Waals surface area contributed by atoms with Crippen LogP contribution < -0.4 is 10.2 Å². The Morgan fingerprint density at radius 1 is 1.37 bits per heavy atom. The molecule has 0 aromatic heterocycles. The van der Waals surface area contributed by atoms with Gasteiger partial charge in [0.2, 0.25) is 11.8 Å². The minimum absolute atomic E-state index is 0.0248. The van der Waals surface area contributed by atoms with Crippen LogP contribution in [0, 0.1) is 15.5 Å². The summed E-state index contributed by atoms with van der Waals surface area (Å²) >= 11 is 0. The second-order valence-corrected chi connectivity index (χ2v) is 6.81. The molecular weight excluding hydrogens is 356 g/mol. The zero-order valence-corrected chi connectivity index (χ0v) is 14.6. The van der Waals surface area contributed by atoms with Crippen LogP contribution in [-0.4, -0.2) is 60.0 Å². The molecule has 1 spiro atoms. The first-order chi connectivity index (χ1) is 12.9. The van der Waals surface area contributed by atoms with Crippen LogP contribution in [0.25, 0.3) is 0 Å². The van der Waals surface area contributed by atoms with E-state index in [1.54, 1.807) is 13.0 Å². The van der Waals surface area contributed by atoms with Gasteiger partial charge < -0.3 is 9.64 Å². The summed E-state index contributed by atoms with van der Waals surface area (Å²) < 4.78 is 5.55. The number of fused-ring (bicyclic) bond motifs is 4. The Morgan fingerprint density at radius 2 is 2.15 bits per heavy atom. The number of urea groups is 1. The number of rotatable bonds is 2. The predicted molar refractivity (Wildman–Crippen MR) is 92.1 cm³/mol. The van der Waals surface area contributed by atoms with Crippen LogP contribution in [-0.2, 0) is 20.7 Å². The maximum atomic E-state index is 13.3. The van der Waals surface area contributed by atoms with Gasteiger partial charge in [0.25, 0.3) is 5.69 Å². The summed E-state index contributed by atoms with van der Waals surface area (Å²) in [4.78, 5) is 51.8. The average molecular weight is 374 g/mol. The average Bonchev–Trinajstić information content (AvgIpc) is 2.66. The molecule has 10 nitrogen and oxygen atoms in total. The van der Waals surface area contributed by atoms with E-state index in [0.717, 1.165) is 10.6 Å². The Morgan fingerprint density at radius 3 is 2.85 bits per heavy atom. The van der Waals surface area contributed by atoms with Gasteiger partial charge in [-0.15, -0.1) is 0 Å². The first-order valence-corrected chi connectivity index (χ1v) is 8.69. The molecule has 3 aliphatic rings. The Bertz CT molecular complexity index is 871. The lowest BCUT2D eigenvalue weighted by atomic mass is 9.68. The second kappa shape index (κ2) is 6.02. The van der Waals surface area contributed by atoms with Crippen LogP contribution in [0.5, 0.6) is 0 Å². The number of imide groups is 2. The predicted octanol–water partition coefficient (Wildman–Crippen LogP) is 0.441. The van der Waals surface area contributed by atoms with Gasteiger partial charge in [0, 0.05) is 37.3 Å². The van der Waals surface area contributed by atoms with Crippen LogP contribution >= 0.6 is 0 Å². The van der Waals surface area contributed by atoms with E-state index < -0.39 is 34.2 Å². The fourth-order valence-corrected chi connectivity index (χ4v) is 4.27. The van der Waals surface area contributed by atoms with Crippen LogP contribution in [0.1, 0.15) is 12.5 Å². The lowest BCUT2D eigenvalue weighted by Gasteiger charge is -2.53. The number of morpholine rings is 1. The van der Waals surface area contributed by atoms with Crippen molar-refractivity contribution in [3.05, 3.63) is 33.9 Å². The van der Waals surface area contributed by atoms with Gasteiger partial charge >= 0.3 is 6.03 Å². The zero-order valence-electron chi connectivity index (χ0n) is 14.6. The molecule has 142 valence electrons. The van der Waals surface area contributed by atoms with Gasteiger partial charge in [-0.2, -0.15) is 0 Å². The second-order valence-electron chi connectivity index (χ2n) is 6.81. The molecule has 1 aromatic rings. The Kier molecular flexibility index (Phi) is 3.88. The maximum Gasteiger partial charge on any atom is 0.330 e. The molecule has 4 rings (SSSR count). The van der Waals surface area contributed by atoms with Gasteiger partial charge in [-0.05, 0) is 18.6 Å². The molecule has 1 N–H and O–H groups in total. The molecule has 1 aromatic carbocycles. The third kappa shape index (κ3) is 2.33. The monoisotopic (exact) mass is 374 g/mol. The Balaban J connectivity index is 1.89. The van der Waals surface area contributed by atoms with E-state index in [-0.39, 0.29) is 25.3 Å². The minimum Gasteiger partial charge on any atom is -0.377 e. The van der Waals surface area contributed by atoms with Crippen molar-refractivity contribution >= 4 is 29.2 Å². The summed E-state index contributed by atoms with van der Waals surface area (Å²) in [5, 5.41) is 13.5. The number of hydrogen-bond donors (Lipinski definition) is 1. The number of ether oxygens (including phenoxy) is 1. The van der Waals surface area contributed by atoms with Crippen LogP contribution in [0.2, 0.25) is 0 Å². The van der Waals surface area contributed by atoms with E-state index in [9.17, 15) is 24.5 Å². The molecule has 0 radical (unpaired) electrons. The van der Waals surface area contributed by atoms with E-state index in [4.69, 9.17) is 4.74 Å². The normalized spacial score (nSPS) is 27.3. The number of carbonyl (C=O) groups is 3. The summed E-state index contributed by atoms with van der Waals surface area (Å²) in [6, 6.07) is 3.12. The molecule has 2 fully saturated rings. The lowest BCUT2D eigenvalue weighted by Crippen LogP contribution is -2.73. The van der Waals surface area contributed by atoms with Gasteiger partial charge in [-0.25, -0.2) is 4.79 Å². The number of nitrogens with one attached hydrogen (secondary N) is 1. The molecule has 10 heteroatoms.